The van der Waals surface area contributed by atoms with Crippen molar-refractivity contribution < 1.29 is 16.8 Å². The molecule has 0 atom stereocenters. The topological polar surface area (TPSA) is 94.3 Å². The Morgan fingerprint density at radius 1 is 1.06 bits per heavy atom. The van der Waals surface area contributed by atoms with E-state index >= 15 is 0 Å². The zero-order valence-electron chi connectivity index (χ0n) is 9.62. The lowest BCUT2D eigenvalue weighted by Crippen LogP contribution is -2.19. The first-order valence-corrected chi connectivity index (χ1v) is 8.19. The third-order valence-electron chi connectivity index (χ3n) is 2.04. The predicted molar refractivity (Wildman–Crippen MR) is 64.7 cm³/mol. The summed E-state index contributed by atoms with van der Waals surface area (Å²) in [7, 11) is -7.66. The van der Waals surface area contributed by atoms with Crippen LogP contribution >= 0.6 is 0 Å². The van der Waals surface area contributed by atoms with Gasteiger partial charge in [-0.2, -0.15) is 0 Å². The van der Waals surface area contributed by atoms with Crippen molar-refractivity contribution in [1.29, 1.82) is 0 Å². The molecule has 0 aromatic heterocycles. The number of sulfonamides is 1. The van der Waals surface area contributed by atoms with Crippen molar-refractivity contribution in [2.24, 2.45) is 11.1 Å². The highest BCUT2D eigenvalue weighted by molar-refractivity contribution is 7.93. The molecule has 0 aliphatic rings. The summed E-state index contributed by atoms with van der Waals surface area (Å²) >= 11 is 0. The fourth-order valence-corrected chi connectivity index (χ4v) is 4.53. The van der Waals surface area contributed by atoms with Gasteiger partial charge in [0.25, 0.3) is 0 Å². The van der Waals surface area contributed by atoms with Crippen LogP contribution in [0.5, 0.6) is 0 Å². The van der Waals surface area contributed by atoms with Crippen LogP contribution in [0.1, 0.15) is 13.8 Å². The van der Waals surface area contributed by atoms with E-state index in [1.807, 2.05) is 0 Å². The zero-order chi connectivity index (χ0) is 13.3. The summed E-state index contributed by atoms with van der Waals surface area (Å²) in [5, 5.41) is 4.99. The molecule has 1 aromatic rings. The Bertz CT molecular complexity index is 603. The number of rotatable bonds is 4. The minimum atomic E-state index is -4.03. The van der Waals surface area contributed by atoms with Crippen molar-refractivity contribution in [1.82, 2.24) is 0 Å². The molecule has 1 rings (SSSR count). The van der Waals surface area contributed by atoms with Gasteiger partial charge in [-0.15, -0.1) is 0 Å². The lowest BCUT2D eigenvalue weighted by atomic mass is 10.3. The van der Waals surface area contributed by atoms with Crippen LogP contribution in [0.15, 0.2) is 34.1 Å². The van der Waals surface area contributed by atoms with Gasteiger partial charge in [0.05, 0.1) is 10.6 Å². The van der Waals surface area contributed by atoms with Crippen LogP contribution in [0.25, 0.3) is 0 Å². The fraction of sp³-hybridized carbons (Fsp3) is 0.400. The minimum Gasteiger partial charge on any atom is -0.225 e. The molecule has 2 N–H and O–H groups in total. The number of nitrogens with two attached hydrogens (primary N) is 1. The van der Waals surface area contributed by atoms with E-state index in [4.69, 9.17) is 5.14 Å². The first-order chi connectivity index (χ1) is 7.64. The highest BCUT2D eigenvalue weighted by atomic mass is 32.2. The Balaban J connectivity index is 3.43. The molecule has 0 aliphatic heterocycles. The Labute approximate surface area is 102 Å². The van der Waals surface area contributed by atoms with Crippen molar-refractivity contribution in [3.05, 3.63) is 24.3 Å². The SMILES string of the molecule is CC(C)CS(=O)(=O)c1ccccc1S(N)(=O)=O. The van der Waals surface area contributed by atoms with E-state index in [-0.39, 0.29) is 21.5 Å². The fourth-order valence-electron chi connectivity index (χ4n) is 1.47. The first-order valence-electron chi connectivity index (χ1n) is 4.99. The summed E-state index contributed by atoms with van der Waals surface area (Å²) in [6, 6.07) is 5.37. The number of primary sulfonamides is 1. The molecule has 0 saturated heterocycles. The second-order valence-corrected chi connectivity index (χ2v) is 7.70. The maximum atomic E-state index is 12.0. The molecule has 0 fully saturated rings. The molecule has 0 radical (unpaired) electrons. The van der Waals surface area contributed by atoms with E-state index < -0.39 is 19.9 Å². The molecule has 5 nitrogen and oxygen atoms in total. The molecule has 0 spiro atoms. The molecule has 1 aromatic carbocycles. The van der Waals surface area contributed by atoms with Gasteiger partial charge >= 0.3 is 0 Å². The smallest absolute Gasteiger partial charge is 0.225 e. The second-order valence-electron chi connectivity index (χ2n) is 4.17. The van der Waals surface area contributed by atoms with Gasteiger partial charge in [-0.3, -0.25) is 0 Å². The molecule has 0 heterocycles. The quantitative estimate of drug-likeness (QED) is 0.879. The Hall–Kier alpha value is -0.920. The van der Waals surface area contributed by atoms with Gasteiger partial charge < -0.3 is 0 Å². The summed E-state index contributed by atoms with van der Waals surface area (Å²) in [5.41, 5.74) is 0. The second kappa shape index (κ2) is 4.75. The van der Waals surface area contributed by atoms with E-state index in [9.17, 15) is 16.8 Å². The van der Waals surface area contributed by atoms with Crippen molar-refractivity contribution >= 4 is 19.9 Å². The molecule has 7 heteroatoms. The Morgan fingerprint density at radius 2 is 1.53 bits per heavy atom. The Morgan fingerprint density at radius 3 is 1.94 bits per heavy atom. The standard InChI is InChI=1S/C10H15NO4S2/c1-8(2)7-16(12,13)9-5-3-4-6-10(9)17(11,14)15/h3-6,8H,7H2,1-2H3,(H2,11,14,15). The van der Waals surface area contributed by atoms with Gasteiger partial charge in [-0.1, -0.05) is 26.0 Å². The summed E-state index contributed by atoms with van der Waals surface area (Å²) in [6.45, 7) is 3.49. The number of hydrogen-bond acceptors (Lipinski definition) is 4. The van der Waals surface area contributed by atoms with E-state index in [0.717, 1.165) is 0 Å². The minimum absolute atomic E-state index is 0.0893. The summed E-state index contributed by atoms with van der Waals surface area (Å²) in [4.78, 5) is -0.572. The van der Waals surface area contributed by atoms with Gasteiger partial charge in [-0.05, 0) is 18.1 Å². The zero-order valence-corrected chi connectivity index (χ0v) is 11.3. The molecule has 0 aliphatic carbocycles. The molecule has 0 unspecified atom stereocenters. The molecular formula is C10H15NO4S2. The van der Waals surface area contributed by atoms with Crippen LogP contribution in [-0.4, -0.2) is 22.6 Å². The predicted octanol–water partition coefficient (Wildman–Crippen LogP) is 0.764. The van der Waals surface area contributed by atoms with E-state index in [1.165, 1.54) is 24.3 Å². The van der Waals surface area contributed by atoms with Gasteiger partial charge in [0.15, 0.2) is 9.84 Å². The van der Waals surface area contributed by atoms with E-state index in [1.54, 1.807) is 13.8 Å². The normalized spacial score (nSPS) is 12.9. The number of benzene rings is 1. The average Bonchev–Trinajstić information content (AvgIpc) is 2.14. The third kappa shape index (κ3) is 3.52. The van der Waals surface area contributed by atoms with Gasteiger partial charge in [-0.25, -0.2) is 22.0 Å². The molecular weight excluding hydrogens is 262 g/mol. The molecule has 0 bridgehead atoms. The maximum absolute atomic E-state index is 12.0. The van der Waals surface area contributed by atoms with Crippen LogP contribution in [0.3, 0.4) is 0 Å². The van der Waals surface area contributed by atoms with Crippen LogP contribution in [-0.2, 0) is 19.9 Å². The average molecular weight is 277 g/mol. The largest absolute Gasteiger partial charge is 0.239 e. The monoisotopic (exact) mass is 277 g/mol. The van der Waals surface area contributed by atoms with Crippen molar-refractivity contribution in [2.75, 3.05) is 5.75 Å². The van der Waals surface area contributed by atoms with Crippen molar-refractivity contribution in [3.8, 4) is 0 Å². The van der Waals surface area contributed by atoms with Gasteiger partial charge in [0, 0.05) is 0 Å². The molecule has 0 saturated carbocycles. The van der Waals surface area contributed by atoms with Crippen LogP contribution in [0, 0.1) is 5.92 Å². The van der Waals surface area contributed by atoms with E-state index in [2.05, 4.69) is 0 Å². The highest BCUT2D eigenvalue weighted by Crippen LogP contribution is 2.21. The van der Waals surface area contributed by atoms with Crippen molar-refractivity contribution in [3.63, 3.8) is 0 Å². The number of hydrogen-bond donors (Lipinski definition) is 1. The summed E-state index contributed by atoms with van der Waals surface area (Å²) in [6.07, 6.45) is 0. The van der Waals surface area contributed by atoms with Crippen molar-refractivity contribution in [2.45, 2.75) is 23.6 Å². The van der Waals surface area contributed by atoms with Crippen LogP contribution in [0.2, 0.25) is 0 Å². The molecule has 0 amide bonds. The number of sulfone groups is 1. The lowest BCUT2D eigenvalue weighted by Gasteiger charge is -2.10. The van der Waals surface area contributed by atoms with Gasteiger partial charge in [0.2, 0.25) is 10.0 Å². The van der Waals surface area contributed by atoms with E-state index in [0.29, 0.717) is 0 Å². The molecule has 17 heavy (non-hydrogen) atoms. The highest BCUT2D eigenvalue weighted by Gasteiger charge is 2.24. The molecule has 96 valence electrons. The van der Waals surface area contributed by atoms with Crippen LogP contribution < -0.4 is 5.14 Å². The maximum Gasteiger partial charge on any atom is 0.239 e. The van der Waals surface area contributed by atoms with Gasteiger partial charge in [0.1, 0.15) is 4.90 Å². The third-order valence-corrected chi connectivity index (χ3v) is 5.27. The summed E-state index contributed by atoms with van der Waals surface area (Å²) < 4.78 is 46.6. The first kappa shape index (κ1) is 14.1. The summed E-state index contributed by atoms with van der Waals surface area (Å²) in [5.74, 6) is -0.201. The lowest BCUT2D eigenvalue weighted by molar-refractivity contribution is 0.574. The van der Waals surface area contributed by atoms with Crippen LogP contribution in [0.4, 0.5) is 0 Å². The Kier molecular flexibility index (Phi) is 3.95.